The van der Waals surface area contributed by atoms with Gasteiger partial charge in [-0.1, -0.05) is 0 Å². The highest BCUT2D eigenvalue weighted by Gasteiger charge is 2.32. The molecule has 1 heterocycles. The highest BCUT2D eigenvalue weighted by molar-refractivity contribution is 5.95. The average Bonchev–Trinajstić information content (AvgIpc) is 3.32. The average molecular weight is 515 g/mol. The van der Waals surface area contributed by atoms with E-state index in [1.54, 1.807) is 0 Å². The SMILES string of the molecule is NC(=O)CC(NC(=O)C(CCCN=C(N)N)NC(=O)C(CCC(=O)O)NC(=O)C1CCCN1)C(=O)O. The Balaban J connectivity index is 3.00. The zero-order valence-electron chi connectivity index (χ0n) is 19.7. The van der Waals surface area contributed by atoms with Crippen LogP contribution in [0.15, 0.2) is 4.99 Å². The van der Waals surface area contributed by atoms with Gasteiger partial charge in [-0.15, -0.1) is 0 Å². The minimum Gasteiger partial charge on any atom is -0.481 e. The number of carbonyl (C=O) groups excluding carboxylic acids is 4. The number of aliphatic imine (C=N–C) groups is 1. The number of guanidine groups is 1. The summed E-state index contributed by atoms with van der Waals surface area (Å²) in [6.07, 6.45) is 0.104. The lowest BCUT2D eigenvalue weighted by Gasteiger charge is -2.25. The molecule has 0 aromatic carbocycles. The molecule has 0 spiro atoms. The first-order chi connectivity index (χ1) is 16.9. The summed E-state index contributed by atoms with van der Waals surface area (Å²) in [5.41, 5.74) is 15.6. The van der Waals surface area contributed by atoms with Crippen LogP contribution in [0.2, 0.25) is 0 Å². The molecule has 0 aliphatic carbocycles. The third-order valence-electron chi connectivity index (χ3n) is 5.25. The summed E-state index contributed by atoms with van der Waals surface area (Å²) in [5, 5.41) is 28.3. The summed E-state index contributed by atoms with van der Waals surface area (Å²) < 4.78 is 0. The Kier molecular flexibility index (Phi) is 12.6. The van der Waals surface area contributed by atoms with Crippen LogP contribution in [0.1, 0.15) is 44.9 Å². The van der Waals surface area contributed by atoms with Crippen molar-refractivity contribution >= 4 is 41.5 Å². The van der Waals surface area contributed by atoms with Crippen molar-refractivity contribution < 1.29 is 39.0 Å². The molecular weight excluding hydrogens is 480 g/mol. The molecule has 4 amide bonds. The maximum absolute atomic E-state index is 13.0. The van der Waals surface area contributed by atoms with Gasteiger partial charge in [-0.2, -0.15) is 0 Å². The maximum atomic E-state index is 13.0. The first-order valence-corrected chi connectivity index (χ1v) is 11.3. The minimum atomic E-state index is -1.64. The summed E-state index contributed by atoms with van der Waals surface area (Å²) >= 11 is 0. The van der Waals surface area contributed by atoms with Gasteiger partial charge in [-0.25, -0.2) is 4.79 Å². The monoisotopic (exact) mass is 514 g/mol. The third-order valence-corrected chi connectivity index (χ3v) is 5.25. The molecule has 1 fully saturated rings. The van der Waals surface area contributed by atoms with E-state index in [1.807, 2.05) is 0 Å². The normalized spacial score (nSPS) is 17.2. The lowest BCUT2D eigenvalue weighted by Crippen LogP contribution is -2.57. The second kappa shape index (κ2) is 15.1. The minimum absolute atomic E-state index is 0.0406. The summed E-state index contributed by atoms with van der Waals surface area (Å²) in [6, 6.07) is -4.75. The maximum Gasteiger partial charge on any atom is 0.326 e. The van der Waals surface area contributed by atoms with Crippen LogP contribution < -0.4 is 38.5 Å². The van der Waals surface area contributed by atoms with E-state index in [9.17, 15) is 33.9 Å². The molecule has 36 heavy (non-hydrogen) atoms. The molecule has 12 N–H and O–H groups in total. The van der Waals surface area contributed by atoms with Crippen molar-refractivity contribution in [3.8, 4) is 0 Å². The fraction of sp³-hybridized carbons (Fsp3) is 0.650. The molecule has 16 heteroatoms. The molecular formula is C20H34N8O8. The Bertz CT molecular complexity index is 855. The molecule has 16 nitrogen and oxygen atoms in total. The van der Waals surface area contributed by atoms with Crippen molar-refractivity contribution in [2.24, 2.45) is 22.2 Å². The molecule has 0 radical (unpaired) electrons. The van der Waals surface area contributed by atoms with Crippen LogP contribution in [0.3, 0.4) is 0 Å². The molecule has 4 unspecified atom stereocenters. The van der Waals surface area contributed by atoms with Crippen molar-refractivity contribution in [1.29, 1.82) is 0 Å². The molecule has 0 saturated carbocycles. The number of nitrogens with zero attached hydrogens (tertiary/aromatic N) is 1. The molecule has 0 bridgehead atoms. The van der Waals surface area contributed by atoms with Gasteiger partial charge in [-0.3, -0.25) is 29.0 Å². The van der Waals surface area contributed by atoms with E-state index in [0.29, 0.717) is 13.0 Å². The van der Waals surface area contributed by atoms with Crippen molar-refractivity contribution in [1.82, 2.24) is 21.3 Å². The van der Waals surface area contributed by atoms with Crippen LogP contribution in [0.5, 0.6) is 0 Å². The van der Waals surface area contributed by atoms with Gasteiger partial charge in [0.05, 0.1) is 12.5 Å². The van der Waals surface area contributed by atoms with Crippen molar-refractivity contribution in [3.05, 3.63) is 0 Å². The van der Waals surface area contributed by atoms with Crippen LogP contribution in [0, 0.1) is 0 Å². The van der Waals surface area contributed by atoms with Crippen LogP contribution >= 0.6 is 0 Å². The lowest BCUT2D eigenvalue weighted by atomic mass is 10.1. The zero-order chi connectivity index (χ0) is 27.3. The third kappa shape index (κ3) is 11.5. The van der Waals surface area contributed by atoms with Gasteiger partial charge in [0.1, 0.15) is 18.1 Å². The van der Waals surface area contributed by atoms with Gasteiger partial charge in [-0.05, 0) is 38.6 Å². The molecule has 202 valence electrons. The number of nitrogens with one attached hydrogen (secondary N) is 4. The molecule has 0 aromatic rings. The second-order valence-corrected chi connectivity index (χ2v) is 8.22. The Morgan fingerprint density at radius 2 is 1.53 bits per heavy atom. The van der Waals surface area contributed by atoms with Crippen LogP contribution in [-0.2, 0) is 28.8 Å². The molecule has 1 aliphatic rings. The van der Waals surface area contributed by atoms with Gasteiger partial charge in [0.2, 0.25) is 23.6 Å². The number of hydrogen-bond acceptors (Lipinski definition) is 8. The van der Waals surface area contributed by atoms with E-state index in [0.717, 1.165) is 6.42 Å². The van der Waals surface area contributed by atoms with E-state index in [2.05, 4.69) is 26.3 Å². The fourth-order valence-corrected chi connectivity index (χ4v) is 3.44. The number of carboxylic acids is 2. The van der Waals surface area contributed by atoms with Gasteiger partial charge in [0.25, 0.3) is 0 Å². The Morgan fingerprint density at radius 1 is 0.917 bits per heavy atom. The van der Waals surface area contributed by atoms with Gasteiger partial charge < -0.3 is 48.7 Å². The van der Waals surface area contributed by atoms with E-state index in [1.165, 1.54) is 0 Å². The molecule has 1 saturated heterocycles. The number of primary amides is 1. The lowest BCUT2D eigenvalue weighted by molar-refractivity contribution is -0.143. The first-order valence-electron chi connectivity index (χ1n) is 11.3. The van der Waals surface area contributed by atoms with Gasteiger partial charge in [0, 0.05) is 13.0 Å². The van der Waals surface area contributed by atoms with Gasteiger partial charge in [0.15, 0.2) is 5.96 Å². The fourth-order valence-electron chi connectivity index (χ4n) is 3.44. The molecule has 4 atom stereocenters. The number of aliphatic carboxylic acids is 2. The quantitative estimate of drug-likeness (QED) is 0.0544. The predicted molar refractivity (Wildman–Crippen MR) is 125 cm³/mol. The van der Waals surface area contributed by atoms with Crippen LogP contribution in [0.25, 0.3) is 0 Å². The smallest absolute Gasteiger partial charge is 0.326 e. The highest BCUT2D eigenvalue weighted by atomic mass is 16.4. The van der Waals surface area contributed by atoms with Crippen molar-refractivity contribution in [2.45, 2.75) is 69.1 Å². The summed E-state index contributed by atoms with van der Waals surface area (Å²) in [7, 11) is 0. The van der Waals surface area contributed by atoms with Crippen LogP contribution in [0.4, 0.5) is 0 Å². The predicted octanol–water partition coefficient (Wildman–Crippen LogP) is -3.93. The number of carbonyl (C=O) groups is 6. The van der Waals surface area contributed by atoms with E-state index in [-0.39, 0.29) is 31.8 Å². The number of rotatable bonds is 16. The Hall–Kier alpha value is -3.95. The summed E-state index contributed by atoms with van der Waals surface area (Å²) in [5.74, 6) is -6.11. The van der Waals surface area contributed by atoms with Crippen molar-refractivity contribution in [3.63, 3.8) is 0 Å². The van der Waals surface area contributed by atoms with Crippen molar-refractivity contribution in [2.75, 3.05) is 13.1 Å². The number of carboxylic acid groups (broad SMARTS) is 2. The number of hydrogen-bond donors (Lipinski definition) is 9. The van der Waals surface area contributed by atoms with Crippen LogP contribution in [-0.4, -0.2) is 89.0 Å². The summed E-state index contributed by atoms with van der Waals surface area (Å²) in [4.78, 5) is 75.7. The second-order valence-electron chi connectivity index (χ2n) is 8.22. The van der Waals surface area contributed by atoms with E-state index < -0.39 is 72.6 Å². The number of amides is 4. The number of nitrogens with two attached hydrogens (primary N) is 3. The van der Waals surface area contributed by atoms with Gasteiger partial charge >= 0.3 is 11.9 Å². The molecule has 1 rings (SSSR count). The Labute approximate surface area is 206 Å². The Morgan fingerprint density at radius 3 is 2.03 bits per heavy atom. The molecule has 0 aromatic heterocycles. The summed E-state index contributed by atoms with van der Waals surface area (Å²) in [6.45, 7) is 0.719. The van der Waals surface area contributed by atoms with E-state index in [4.69, 9.17) is 22.3 Å². The highest BCUT2D eigenvalue weighted by Crippen LogP contribution is 2.08. The largest absolute Gasteiger partial charge is 0.481 e. The standard InChI is InChI=1S/C20H34N8O8/c21-14(29)9-13(19(35)36)28-17(33)11(4-2-8-25-20(22)23)26-18(34)12(5-6-15(30)31)27-16(32)10-3-1-7-24-10/h10-13,24H,1-9H2,(H2,21,29)(H,26,34)(H,27,32)(H,28,33)(H,30,31)(H,35,36)(H4,22,23,25). The molecule has 1 aliphatic heterocycles. The topological polar surface area (TPSA) is 281 Å². The zero-order valence-corrected chi connectivity index (χ0v) is 19.7. The first kappa shape index (κ1) is 30.1. The van der Waals surface area contributed by atoms with E-state index >= 15 is 0 Å².